The number of nitriles is 1. The van der Waals surface area contributed by atoms with Crippen LogP contribution < -0.4 is 4.72 Å². The Labute approximate surface area is 111 Å². The van der Waals surface area contributed by atoms with Gasteiger partial charge in [-0.2, -0.15) is 5.26 Å². The molecule has 19 heavy (non-hydrogen) atoms. The summed E-state index contributed by atoms with van der Waals surface area (Å²) in [5, 5.41) is 17.9. The molecule has 0 bridgehead atoms. The van der Waals surface area contributed by atoms with Crippen molar-refractivity contribution in [2.45, 2.75) is 37.3 Å². The second kappa shape index (κ2) is 6.10. The molecular formula is C12H15FN2O3S. The zero-order valence-electron chi connectivity index (χ0n) is 10.6. The first kappa shape index (κ1) is 15.6. The van der Waals surface area contributed by atoms with Gasteiger partial charge in [-0.05, 0) is 38.5 Å². The van der Waals surface area contributed by atoms with Gasteiger partial charge in [0.1, 0.15) is 11.9 Å². The molecule has 0 saturated heterocycles. The number of hydrogen-bond acceptors (Lipinski definition) is 4. The second-order valence-corrected chi connectivity index (χ2v) is 6.07. The zero-order valence-corrected chi connectivity index (χ0v) is 11.4. The Morgan fingerprint density at radius 1 is 1.47 bits per heavy atom. The van der Waals surface area contributed by atoms with E-state index in [4.69, 9.17) is 5.26 Å². The SMILES string of the molecule is CC(O)CC(C)NS(=O)(=O)c1ccc(F)c(C#N)c1. The summed E-state index contributed by atoms with van der Waals surface area (Å²) in [5.41, 5.74) is -0.328. The highest BCUT2D eigenvalue weighted by atomic mass is 32.2. The van der Waals surface area contributed by atoms with Gasteiger partial charge < -0.3 is 5.11 Å². The Balaban J connectivity index is 2.98. The molecule has 1 aromatic rings. The van der Waals surface area contributed by atoms with Crippen molar-refractivity contribution < 1.29 is 17.9 Å². The number of rotatable bonds is 5. The van der Waals surface area contributed by atoms with E-state index in [1.165, 1.54) is 0 Å². The highest BCUT2D eigenvalue weighted by Gasteiger charge is 2.19. The molecule has 5 nitrogen and oxygen atoms in total. The molecule has 7 heteroatoms. The third-order valence-electron chi connectivity index (χ3n) is 2.42. The lowest BCUT2D eigenvalue weighted by Crippen LogP contribution is -2.34. The van der Waals surface area contributed by atoms with Crippen molar-refractivity contribution in [1.29, 1.82) is 5.26 Å². The zero-order chi connectivity index (χ0) is 14.6. The third kappa shape index (κ3) is 4.28. The first-order chi connectivity index (χ1) is 8.76. The minimum atomic E-state index is -3.83. The van der Waals surface area contributed by atoms with Crippen molar-refractivity contribution in [3.05, 3.63) is 29.6 Å². The Bertz CT molecular complexity index is 593. The minimum Gasteiger partial charge on any atom is -0.393 e. The predicted molar refractivity (Wildman–Crippen MR) is 67.2 cm³/mol. The van der Waals surface area contributed by atoms with E-state index in [0.717, 1.165) is 18.2 Å². The average molecular weight is 286 g/mol. The van der Waals surface area contributed by atoms with Gasteiger partial charge in [-0.1, -0.05) is 0 Å². The normalized spacial score (nSPS) is 14.7. The number of benzene rings is 1. The van der Waals surface area contributed by atoms with Crippen LogP contribution in [0.15, 0.2) is 23.1 Å². The van der Waals surface area contributed by atoms with E-state index in [0.29, 0.717) is 0 Å². The van der Waals surface area contributed by atoms with Crippen LogP contribution in [0.3, 0.4) is 0 Å². The van der Waals surface area contributed by atoms with Gasteiger partial charge in [-0.25, -0.2) is 17.5 Å². The predicted octanol–water partition coefficient (Wildman–Crippen LogP) is 1.14. The monoisotopic (exact) mass is 286 g/mol. The number of hydrogen-bond donors (Lipinski definition) is 2. The van der Waals surface area contributed by atoms with E-state index in [2.05, 4.69) is 4.72 Å². The van der Waals surface area contributed by atoms with Crippen LogP contribution in [0.4, 0.5) is 4.39 Å². The molecule has 0 amide bonds. The van der Waals surface area contributed by atoms with Crippen LogP contribution in [0, 0.1) is 17.1 Å². The van der Waals surface area contributed by atoms with Crippen molar-refractivity contribution in [3.63, 3.8) is 0 Å². The van der Waals surface area contributed by atoms with Gasteiger partial charge in [0, 0.05) is 6.04 Å². The number of aliphatic hydroxyl groups is 1. The Morgan fingerprint density at radius 2 is 2.11 bits per heavy atom. The minimum absolute atomic E-state index is 0.178. The number of sulfonamides is 1. The molecule has 1 rings (SSSR count). The topological polar surface area (TPSA) is 90.2 Å². The summed E-state index contributed by atoms with van der Waals surface area (Å²) in [7, 11) is -3.83. The van der Waals surface area contributed by atoms with Crippen molar-refractivity contribution in [1.82, 2.24) is 4.72 Å². The maximum absolute atomic E-state index is 13.1. The van der Waals surface area contributed by atoms with E-state index in [9.17, 15) is 17.9 Å². The van der Waals surface area contributed by atoms with Crippen molar-refractivity contribution >= 4 is 10.0 Å². The maximum atomic E-state index is 13.1. The van der Waals surface area contributed by atoms with Crippen LogP contribution in [-0.4, -0.2) is 25.7 Å². The van der Waals surface area contributed by atoms with E-state index in [1.807, 2.05) is 0 Å². The molecule has 0 heterocycles. The van der Waals surface area contributed by atoms with Crippen LogP contribution in [0.2, 0.25) is 0 Å². The standard InChI is InChI=1S/C12H15FN2O3S/c1-8(5-9(2)16)15-19(17,18)11-3-4-12(13)10(6-11)7-14/h3-4,6,8-9,15-16H,5H2,1-2H3. The molecule has 2 unspecified atom stereocenters. The summed E-state index contributed by atoms with van der Waals surface area (Å²) in [6.45, 7) is 3.16. The Morgan fingerprint density at radius 3 is 2.63 bits per heavy atom. The van der Waals surface area contributed by atoms with Crippen LogP contribution in [-0.2, 0) is 10.0 Å². The summed E-state index contributed by atoms with van der Waals surface area (Å²) in [4.78, 5) is -0.178. The lowest BCUT2D eigenvalue weighted by Gasteiger charge is -2.15. The molecule has 0 radical (unpaired) electrons. The number of aliphatic hydroxyl groups excluding tert-OH is 1. The lowest BCUT2D eigenvalue weighted by molar-refractivity contribution is 0.175. The number of halogens is 1. The van der Waals surface area contributed by atoms with Gasteiger partial charge >= 0.3 is 0 Å². The van der Waals surface area contributed by atoms with Crippen LogP contribution in [0.1, 0.15) is 25.8 Å². The van der Waals surface area contributed by atoms with Gasteiger partial charge in [0.05, 0.1) is 16.6 Å². The van der Waals surface area contributed by atoms with Crippen LogP contribution in [0.25, 0.3) is 0 Å². The van der Waals surface area contributed by atoms with E-state index < -0.39 is 28.0 Å². The average Bonchev–Trinajstić information content (AvgIpc) is 2.27. The molecular weight excluding hydrogens is 271 g/mol. The van der Waals surface area contributed by atoms with Gasteiger partial charge in [0.15, 0.2) is 0 Å². The van der Waals surface area contributed by atoms with Gasteiger partial charge in [-0.3, -0.25) is 0 Å². The number of nitrogens with one attached hydrogen (secondary N) is 1. The van der Waals surface area contributed by atoms with Crippen molar-refractivity contribution in [3.8, 4) is 6.07 Å². The largest absolute Gasteiger partial charge is 0.393 e. The first-order valence-corrected chi connectivity index (χ1v) is 7.14. The first-order valence-electron chi connectivity index (χ1n) is 5.66. The second-order valence-electron chi connectivity index (χ2n) is 4.36. The van der Waals surface area contributed by atoms with Gasteiger partial charge in [0.2, 0.25) is 10.0 Å². The summed E-state index contributed by atoms with van der Waals surface area (Å²) in [6, 6.07) is 4.12. The molecule has 0 aromatic heterocycles. The molecule has 0 fully saturated rings. The highest BCUT2D eigenvalue weighted by molar-refractivity contribution is 7.89. The molecule has 0 saturated carbocycles. The fourth-order valence-electron chi connectivity index (χ4n) is 1.65. The maximum Gasteiger partial charge on any atom is 0.240 e. The molecule has 0 aliphatic rings. The Kier molecular flexibility index (Phi) is 5.00. The summed E-state index contributed by atoms with van der Waals surface area (Å²) in [6.07, 6.45) is -0.383. The van der Waals surface area contributed by atoms with E-state index in [1.54, 1.807) is 19.9 Å². The molecule has 104 valence electrons. The van der Waals surface area contributed by atoms with Crippen LogP contribution >= 0.6 is 0 Å². The van der Waals surface area contributed by atoms with Gasteiger partial charge in [0.25, 0.3) is 0 Å². The number of nitrogens with zero attached hydrogens (tertiary/aromatic N) is 1. The fraction of sp³-hybridized carbons (Fsp3) is 0.417. The molecule has 1 aromatic carbocycles. The third-order valence-corrected chi connectivity index (χ3v) is 4.01. The van der Waals surface area contributed by atoms with Gasteiger partial charge in [-0.15, -0.1) is 0 Å². The highest BCUT2D eigenvalue weighted by Crippen LogP contribution is 2.15. The van der Waals surface area contributed by atoms with E-state index >= 15 is 0 Å². The Hall–Kier alpha value is -1.49. The molecule has 0 aliphatic carbocycles. The molecule has 0 spiro atoms. The smallest absolute Gasteiger partial charge is 0.240 e. The molecule has 2 atom stereocenters. The quantitative estimate of drug-likeness (QED) is 0.849. The fourth-order valence-corrected chi connectivity index (χ4v) is 2.93. The summed E-state index contributed by atoms with van der Waals surface area (Å²) in [5.74, 6) is -0.765. The summed E-state index contributed by atoms with van der Waals surface area (Å²) >= 11 is 0. The van der Waals surface area contributed by atoms with E-state index in [-0.39, 0.29) is 16.9 Å². The summed E-state index contributed by atoms with van der Waals surface area (Å²) < 4.78 is 39.4. The lowest BCUT2D eigenvalue weighted by atomic mass is 10.2. The van der Waals surface area contributed by atoms with Crippen molar-refractivity contribution in [2.24, 2.45) is 0 Å². The molecule has 2 N–H and O–H groups in total. The van der Waals surface area contributed by atoms with Crippen LogP contribution in [0.5, 0.6) is 0 Å². The molecule has 0 aliphatic heterocycles. The van der Waals surface area contributed by atoms with Crippen molar-refractivity contribution in [2.75, 3.05) is 0 Å².